The molecule has 1 N–H and O–H groups in total. The lowest BCUT2D eigenvalue weighted by atomic mass is 9.96. The zero-order valence-electron chi connectivity index (χ0n) is 15.1. The van der Waals surface area contributed by atoms with Gasteiger partial charge >= 0.3 is 0 Å². The Morgan fingerprint density at radius 3 is 2.80 bits per heavy atom. The first-order valence-electron chi connectivity index (χ1n) is 9.48. The molecule has 0 unspecified atom stereocenters. The van der Waals surface area contributed by atoms with Crippen LogP contribution in [0.15, 0.2) is 17.1 Å². The minimum atomic E-state index is -0.200. The van der Waals surface area contributed by atoms with Gasteiger partial charge in [0.15, 0.2) is 0 Å². The molecular weight excluding hydrogens is 318 g/mol. The number of amides is 1. The van der Waals surface area contributed by atoms with Crippen LogP contribution in [0.1, 0.15) is 32.6 Å². The second kappa shape index (κ2) is 8.47. The number of hydrogen-bond acceptors (Lipinski definition) is 5. The van der Waals surface area contributed by atoms with Crippen LogP contribution in [0.4, 0.5) is 5.69 Å². The fourth-order valence-corrected chi connectivity index (χ4v) is 3.78. The van der Waals surface area contributed by atoms with E-state index in [1.165, 1.54) is 12.8 Å². The highest BCUT2D eigenvalue weighted by molar-refractivity contribution is 5.80. The molecule has 25 heavy (non-hydrogen) atoms. The lowest BCUT2D eigenvalue weighted by molar-refractivity contribution is -0.137. The van der Waals surface area contributed by atoms with Crippen LogP contribution in [-0.4, -0.2) is 71.7 Å². The predicted molar refractivity (Wildman–Crippen MR) is 97.7 cm³/mol. The van der Waals surface area contributed by atoms with E-state index in [1.807, 2.05) is 4.90 Å². The first kappa shape index (κ1) is 17.9. The van der Waals surface area contributed by atoms with Gasteiger partial charge in [0.2, 0.25) is 5.91 Å². The van der Waals surface area contributed by atoms with E-state index in [9.17, 15) is 9.59 Å². The molecule has 0 saturated carbocycles. The molecular formula is C18H29N5O2. The molecule has 3 rings (SSSR count). The highest BCUT2D eigenvalue weighted by atomic mass is 16.2. The van der Waals surface area contributed by atoms with E-state index in [0.29, 0.717) is 6.54 Å². The summed E-state index contributed by atoms with van der Waals surface area (Å²) in [6, 6.07) is 1.56. The Morgan fingerprint density at radius 2 is 2.08 bits per heavy atom. The quantitative estimate of drug-likeness (QED) is 0.858. The van der Waals surface area contributed by atoms with Crippen molar-refractivity contribution in [2.75, 3.05) is 50.7 Å². The molecule has 2 aliphatic rings. The van der Waals surface area contributed by atoms with Gasteiger partial charge in [-0.2, -0.15) is 5.10 Å². The summed E-state index contributed by atoms with van der Waals surface area (Å²) >= 11 is 0. The number of anilines is 1. The molecule has 2 fully saturated rings. The van der Waals surface area contributed by atoms with Crippen LogP contribution in [0.2, 0.25) is 0 Å². The first-order valence-corrected chi connectivity index (χ1v) is 9.48. The van der Waals surface area contributed by atoms with Crippen molar-refractivity contribution in [2.45, 2.75) is 32.6 Å². The normalized spacial score (nSPS) is 22.2. The molecule has 0 radical (unpaired) electrons. The smallest absolute Gasteiger partial charge is 0.266 e. The van der Waals surface area contributed by atoms with Crippen LogP contribution in [0.5, 0.6) is 0 Å². The SMILES string of the molecule is CCCCN1CCN(C(=O)[C@@H]2CCCN(c3cn[nH]c(=O)c3)C2)CC1. The van der Waals surface area contributed by atoms with Crippen molar-refractivity contribution >= 4 is 11.6 Å². The molecule has 7 nitrogen and oxygen atoms in total. The Bertz CT molecular complexity index is 624. The molecule has 7 heteroatoms. The zero-order valence-corrected chi connectivity index (χ0v) is 15.1. The molecule has 1 aromatic heterocycles. The first-order chi connectivity index (χ1) is 12.2. The standard InChI is InChI=1S/C18H29N5O2/c1-2-3-6-21-8-10-22(11-9-21)18(25)15-5-4-7-23(14-15)16-12-17(24)20-19-13-16/h12-13,15H,2-11,14H2,1H3,(H,20,24)/t15-/m1/s1. The topological polar surface area (TPSA) is 72.5 Å². The Kier molecular flexibility index (Phi) is 6.07. The van der Waals surface area contributed by atoms with Gasteiger partial charge in [0, 0.05) is 45.3 Å². The van der Waals surface area contributed by atoms with Crippen LogP contribution >= 0.6 is 0 Å². The van der Waals surface area contributed by atoms with Crippen LogP contribution in [0, 0.1) is 5.92 Å². The van der Waals surface area contributed by atoms with Crippen molar-refractivity contribution < 1.29 is 4.79 Å². The molecule has 1 amide bonds. The molecule has 0 spiro atoms. The van der Waals surface area contributed by atoms with Crippen molar-refractivity contribution in [1.29, 1.82) is 0 Å². The molecule has 0 aromatic carbocycles. The number of rotatable bonds is 5. The predicted octanol–water partition coefficient (Wildman–Crippen LogP) is 0.931. The fraction of sp³-hybridized carbons (Fsp3) is 0.722. The van der Waals surface area contributed by atoms with Crippen molar-refractivity contribution in [3.05, 3.63) is 22.6 Å². The summed E-state index contributed by atoms with van der Waals surface area (Å²) in [6.07, 6.45) is 6.02. The van der Waals surface area contributed by atoms with E-state index in [-0.39, 0.29) is 17.4 Å². The van der Waals surface area contributed by atoms with Gasteiger partial charge in [0.1, 0.15) is 0 Å². The van der Waals surface area contributed by atoms with Crippen molar-refractivity contribution in [2.24, 2.45) is 5.92 Å². The lowest BCUT2D eigenvalue weighted by Crippen LogP contribution is -2.52. The number of nitrogens with one attached hydrogen (secondary N) is 1. The van der Waals surface area contributed by atoms with E-state index in [2.05, 4.69) is 26.9 Å². The summed E-state index contributed by atoms with van der Waals surface area (Å²) in [5.41, 5.74) is 0.611. The van der Waals surface area contributed by atoms with Gasteiger partial charge in [-0.25, -0.2) is 5.10 Å². The summed E-state index contributed by atoms with van der Waals surface area (Å²) in [5.74, 6) is 0.299. The average Bonchev–Trinajstić information content (AvgIpc) is 2.66. The van der Waals surface area contributed by atoms with E-state index in [1.54, 1.807) is 12.3 Å². The maximum Gasteiger partial charge on any atom is 0.266 e. The van der Waals surface area contributed by atoms with Gasteiger partial charge in [-0.05, 0) is 25.8 Å². The Hall–Kier alpha value is -1.89. The number of H-pyrrole nitrogens is 1. The van der Waals surface area contributed by atoms with Gasteiger partial charge in [0.05, 0.1) is 17.8 Å². The largest absolute Gasteiger partial charge is 0.369 e. The molecule has 3 heterocycles. The fourth-order valence-electron chi connectivity index (χ4n) is 3.78. The van der Waals surface area contributed by atoms with E-state index in [4.69, 9.17) is 0 Å². The number of nitrogens with zero attached hydrogens (tertiary/aromatic N) is 4. The molecule has 0 bridgehead atoms. The molecule has 1 aromatic rings. The van der Waals surface area contributed by atoms with Crippen LogP contribution < -0.4 is 10.5 Å². The second-order valence-electron chi connectivity index (χ2n) is 7.11. The number of unbranched alkanes of at least 4 members (excludes halogenated alkanes) is 1. The number of carbonyl (C=O) groups is 1. The minimum absolute atomic E-state index is 0.0234. The zero-order chi connectivity index (χ0) is 17.6. The van der Waals surface area contributed by atoms with Crippen molar-refractivity contribution in [3.63, 3.8) is 0 Å². The Balaban J connectivity index is 1.55. The third kappa shape index (κ3) is 4.60. The van der Waals surface area contributed by atoms with Gasteiger partial charge in [-0.15, -0.1) is 0 Å². The van der Waals surface area contributed by atoms with Crippen molar-refractivity contribution in [3.8, 4) is 0 Å². The number of aromatic amines is 1. The molecule has 138 valence electrons. The summed E-state index contributed by atoms with van der Waals surface area (Å²) in [5, 5.41) is 6.27. The molecule has 0 aliphatic carbocycles. The molecule has 2 saturated heterocycles. The van der Waals surface area contributed by atoms with Gasteiger partial charge in [0.25, 0.3) is 5.56 Å². The molecule has 2 aliphatic heterocycles. The Labute approximate surface area is 149 Å². The number of piperidine rings is 1. The summed E-state index contributed by atoms with van der Waals surface area (Å²) < 4.78 is 0. The number of carbonyl (C=O) groups excluding carboxylic acids is 1. The van der Waals surface area contributed by atoms with Crippen LogP contribution in [-0.2, 0) is 4.79 Å². The number of aromatic nitrogens is 2. The van der Waals surface area contributed by atoms with E-state index in [0.717, 1.165) is 57.8 Å². The van der Waals surface area contributed by atoms with Crippen molar-refractivity contribution in [1.82, 2.24) is 20.0 Å². The monoisotopic (exact) mass is 347 g/mol. The summed E-state index contributed by atoms with van der Waals surface area (Å²) in [6.45, 7) is 8.56. The van der Waals surface area contributed by atoms with Gasteiger partial charge < -0.3 is 9.80 Å². The minimum Gasteiger partial charge on any atom is -0.369 e. The maximum absolute atomic E-state index is 12.9. The summed E-state index contributed by atoms with van der Waals surface area (Å²) in [4.78, 5) is 31.0. The summed E-state index contributed by atoms with van der Waals surface area (Å²) in [7, 11) is 0. The average molecular weight is 347 g/mol. The third-order valence-corrected chi connectivity index (χ3v) is 5.30. The third-order valence-electron chi connectivity index (χ3n) is 5.30. The van der Waals surface area contributed by atoms with Gasteiger partial charge in [-0.1, -0.05) is 13.3 Å². The number of piperazine rings is 1. The van der Waals surface area contributed by atoms with Crippen LogP contribution in [0.25, 0.3) is 0 Å². The van der Waals surface area contributed by atoms with Crippen LogP contribution in [0.3, 0.4) is 0 Å². The van der Waals surface area contributed by atoms with Gasteiger partial charge in [-0.3, -0.25) is 14.5 Å². The van der Waals surface area contributed by atoms with E-state index < -0.39 is 0 Å². The Morgan fingerprint density at radius 1 is 1.28 bits per heavy atom. The van der Waals surface area contributed by atoms with E-state index >= 15 is 0 Å². The highest BCUT2D eigenvalue weighted by Crippen LogP contribution is 2.23. The number of hydrogen-bond donors (Lipinski definition) is 1. The second-order valence-corrected chi connectivity index (χ2v) is 7.11. The molecule has 1 atom stereocenters. The maximum atomic E-state index is 12.9. The lowest BCUT2D eigenvalue weighted by Gasteiger charge is -2.39. The highest BCUT2D eigenvalue weighted by Gasteiger charge is 2.31.